The van der Waals surface area contributed by atoms with E-state index < -0.39 is 5.41 Å². The Bertz CT molecular complexity index is 1240. The van der Waals surface area contributed by atoms with E-state index in [0.717, 1.165) is 52.1 Å². The molecule has 1 aromatic heterocycles. The number of carbonyl (C=O) groups excluding carboxylic acids is 1. The monoisotopic (exact) mass is 459 g/mol. The van der Waals surface area contributed by atoms with Gasteiger partial charge >= 0.3 is 0 Å². The number of nitrogens with one attached hydrogen (secondary N) is 1. The number of methoxy groups -OCH3 is 1. The third-order valence-electron chi connectivity index (χ3n) is 7.44. The molecular formula is C27H33N5O2. The molecule has 178 valence electrons. The normalized spacial score (nSPS) is 25.4. The summed E-state index contributed by atoms with van der Waals surface area (Å²) in [5.41, 5.74) is 6.57. The molecule has 3 heterocycles. The van der Waals surface area contributed by atoms with Gasteiger partial charge in [0.2, 0.25) is 0 Å². The molecular weight excluding hydrogens is 426 g/mol. The highest BCUT2D eigenvalue weighted by Crippen LogP contribution is 2.55. The summed E-state index contributed by atoms with van der Waals surface area (Å²) in [5, 5.41) is 17.1. The van der Waals surface area contributed by atoms with E-state index in [2.05, 4.69) is 65.7 Å². The molecule has 2 aromatic rings. The van der Waals surface area contributed by atoms with Gasteiger partial charge in [0.05, 0.1) is 30.5 Å². The smallest absolute Gasteiger partial charge is 0.165 e. The van der Waals surface area contributed by atoms with E-state index in [1.54, 1.807) is 7.11 Å². The lowest BCUT2D eigenvalue weighted by Crippen LogP contribution is -2.51. The summed E-state index contributed by atoms with van der Waals surface area (Å²) in [6.07, 6.45) is 5.87. The molecule has 1 unspecified atom stereocenters. The summed E-state index contributed by atoms with van der Waals surface area (Å²) in [4.78, 5) is 13.7. The topological polar surface area (TPSA) is 80.9 Å². The van der Waals surface area contributed by atoms with E-state index in [1.807, 2.05) is 24.0 Å². The number of allylic oxidation sites excluding steroid dienone is 3. The quantitative estimate of drug-likeness (QED) is 0.647. The summed E-state index contributed by atoms with van der Waals surface area (Å²) < 4.78 is 7.08. The van der Waals surface area contributed by atoms with Gasteiger partial charge in [-0.15, -0.1) is 0 Å². The number of azo groups is 1. The van der Waals surface area contributed by atoms with Crippen LogP contribution in [0.15, 0.2) is 69.4 Å². The van der Waals surface area contributed by atoms with Crippen LogP contribution < -0.4 is 5.32 Å². The van der Waals surface area contributed by atoms with Crippen LogP contribution in [-0.2, 0) is 21.5 Å². The minimum atomic E-state index is -0.547. The van der Waals surface area contributed by atoms with Crippen LogP contribution in [-0.4, -0.2) is 35.4 Å². The number of ether oxygens (including phenoxy) is 1. The highest BCUT2D eigenvalue weighted by molar-refractivity contribution is 6.01. The fourth-order valence-corrected chi connectivity index (χ4v) is 5.99. The van der Waals surface area contributed by atoms with Crippen molar-refractivity contribution in [1.29, 1.82) is 0 Å². The molecule has 2 aliphatic heterocycles. The first-order valence-corrected chi connectivity index (χ1v) is 12.1. The third-order valence-corrected chi connectivity index (χ3v) is 7.44. The van der Waals surface area contributed by atoms with Gasteiger partial charge in [0.15, 0.2) is 11.9 Å². The zero-order valence-electron chi connectivity index (χ0n) is 20.7. The number of nitrogens with zero attached hydrogens (tertiary/aromatic N) is 4. The van der Waals surface area contributed by atoms with Crippen molar-refractivity contribution in [2.24, 2.45) is 15.6 Å². The van der Waals surface area contributed by atoms with E-state index in [4.69, 9.17) is 4.74 Å². The van der Waals surface area contributed by atoms with Crippen LogP contribution >= 0.6 is 0 Å². The van der Waals surface area contributed by atoms with Crippen LogP contribution in [0.5, 0.6) is 0 Å². The van der Waals surface area contributed by atoms with Crippen LogP contribution in [0.2, 0.25) is 0 Å². The van der Waals surface area contributed by atoms with E-state index in [-0.39, 0.29) is 17.4 Å². The molecule has 2 atom stereocenters. The van der Waals surface area contributed by atoms with Gasteiger partial charge in [-0.05, 0) is 42.4 Å². The highest BCUT2D eigenvalue weighted by Gasteiger charge is 2.53. The Morgan fingerprint density at radius 3 is 2.82 bits per heavy atom. The Labute approximate surface area is 201 Å². The molecule has 1 N–H and O–H groups in total. The maximum atomic E-state index is 13.7. The summed E-state index contributed by atoms with van der Waals surface area (Å²) in [7, 11) is 1.69. The van der Waals surface area contributed by atoms with Gasteiger partial charge in [0, 0.05) is 42.1 Å². The van der Waals surface area contributed by atoms with E-state index in [1.165, 1.54) is 0 Å². The first-order chi connectivity index (χ1) is 16.3. The number of ketones is 1. The Morgan fingerprint density at radius 2 is 2.06 bits per heavy atom. The first-order valence-electron chi connectivity index (χ1n) is 12.1. The molecule has 7 nitrogen and oxygen atoms in total. The van der Waals surface area contributed by atoms with Crippen LogP contribution in [0.25, 0.3) is 11.1 Å². The number of hydrogen-bond acceptors (Lipinski definition) is 6. The minimum Gasteiger partial charge on any atom is -0.383 e. The molecule has 3 aliphatic rings. The highest BCUT2D eigenvalue weighted by atomic mass is 16.5. The van der Waals surface area contributed by atoms with Crippen molar-refractivity contribution in [1.82, 2.24) is 15.1 Å². The van der Waals surface area contributed by atoms with Crippen molar-refractivity contribution in [3.05, 3.63) is 64.8 Å². The molecule has 0 spiro atoms. The minimum absolute atomic E-state index is 0.0763. The zero-order chi connectivity index (χ0) is 24.1. The number of rotatable bonds is 6. The number of aromatic nitrogens is 2. The molecule has 5 rings (SSSR count). The SMILES string of the molecule is CC[C@@]1(c2cccc(-c3cnn(CCOC)c3)c2)C2=C(CC(C)(C)CC2=O)NC2N=NC(C)=C21. The fraction of sp³-hybridized carbons (Fsp3) is 0.481. The van der Waals surface area contributed by atoms with Gasteiger partial charge in [0.1, 0.15) is 0 Å². The van der Waals surface area contributed by atoms with Gasteiger partial charge in [-0.3, -0.25) is 9.48 Å². The van der Waals surface area contributed by atoms with Crippen LogP contribution in [0.3, 0.4) is 0 Å². The number of hydrogen-bond donors (Lipinski definition) is 1. The predicted molar refractivity (Wildman–Crippen MR) is 131 cm³/mol. The summed E-state index contributed by atoms with van der Waals surface area (Å²) in [6.45, 7) is 9.84. The molecule has 34 heavy (non-hydrogen) atoms. The second-order valence-corrected chi connectivity index (χ2v) is 10.4. The standard InChI is InChI=1S/C27H33N5O2/c1-6-27(20-9-7-8-18(12-20)19-15-28-32(16-19)10-11-34-5)23-17(2)30-31-25(23)29-21-13-26(3,4)14-22(33)24(21)27/h7-9,12,15-16,25,29H,6,10-11,13-14H2,1-5H3/t25?,27-/m0/s1. The molecule has 0 bridgehead atoms. The van der Waals surface area contributed by atoms with Gasteiger partial charge in [0.25, 0.3) is 0 Å². The Kier molecular flexibility index (Phi) is 5.55. The van der Waals surface area contributed by atoms with Crippen molar-refractivity contribution in [3.63, 3.8) is 0 Å². The number of carbonyl (C=O) groups is 1. The second-order valence-electron chi connectivity index (χ2n) is 10.4. The van der Waals surface area contributed by atoms with Gasteiger partial charge in [-0.1, -0.05) is 39.0 Å². The molecule has 1 aromatic carbocycles. The molecule has 0 amide bonds. The lowest BCUT2D eigenvalue weighted by molar-refractivity contribution is -0.119. The van der Waals surface area contributed by atoms with Gasteiger partial charge in [-0.25, -0.2) is 0 Å². The average Bonchev–Trinajstić information content (AvgIpc) is 3.42. The Hall–Kier alpha value is -3.06. The predicted octanol–water partition coefficient (Wildman–Crippen LogP) is 5.16. The summed E-state index contributed by atoms with van der Waals surface area (Å²) in [5.74, 6) is 0.226. The molecule has 0 radical (unpaired) electrons. The van der Waals surface area contributed by atoms with E-state index in [9.17, 15) is 4.79 Å². The van der Waals surface area contributed by atoms with Crippen molar-refractivity contribution in [2.45, 2.75) is 65.1 Å². The van der Waals surface area contributed by atoms with E-state index >= 15 is 0 Å². The second kappa shape index (κ2) is 8.31. The lowest BCUT2D eigenvalue weighted by Gasteiger charge is -2.48. The fourth-order valence-electron chi connectivity index (χ4n) is 5.99. The summed E-state index contributed by atoms with van der Waals surface area (Å²) >= 11 is 0. The first kappa shape index (κ1) is 22.7. The number of Topliss-reactive ketones (excluding diaryl/α,β-unsaturated/α-hetero) is 1. The Balaban J connectivity index is 1.67. The van der Waals surface area contributed by atoms with Crippen LogP contribution in [0, 0.1) is 5.41 Å². The molecule has 0 saturated heterocycles. The number of fused-ring (bicyclic) bond motifs is 1. The van der Waals surface area contributed by atoms with Crippen molar-refractivity contribution < 1.29 is 9.53 Å². The van der Waals surface area contributed by atoms with Crippen molar-refractivity contribution >= 4 is 5.78 Å². The van der Waals surface area contributed by atoms with E-state index in [0.29, 0.717) is 19.6 Å². The van der Waals surface area contributed by atoms with Gasteiger partial charge < -0.3 is 10.1 Å². The average molecular weight is 460 g/mol. The van der Waals surface area contributed by atoms with Crippen molar-refractivity contribution in [2.75, 3.05) is 13.7 Å². The summed E-state index contributed by atoms with van der Waals surface area (Å²) in [6, 6.07) is 8.57. The molecule has 0 fully saturated rings. The molecule has 1 aliphatic carbocycles. The zero-order valence-corrected chi connectivity index (χ0v) is 20.7. The Morgan fingerprint density at radius 1 is 1.24 bits per heavy atom. The molecule has 7 heteroatoms. The number of benzene rings is 1. The third kappa shape index (κ3) is 3.54. The molecule has 0 saturated carbocycles. The van der Waals surface area contributed by atoms with Crippen LogP contribution in [0.4, 0.5) is 0 Å². The van der Waals surface area contributed by atoms with Crippen molar-refractivity contribution in [3.8, 4) is 11.1 Å². The lowest BCUT2D eigenvalue weighted by atomic mass is 9.58. The maximum Gasteiger partial charge on any atom is 0.165 e. The largest absolute Gasteiger partial charge is 0.383 e. The van der Waals surface area contributed by atoms with Gasteiger partial charge in [-0.2, -0.15) is 15.3 Å². The maximum absolute atomic E-state index is 13.7. The van der Waals surface area contributed by atoms with Crippen LogP contribution in [0.1, 0.15) is 52.5 Å².